The van der Waals surface area contributed by atoms with E-state index in [1.165, 1.54) is 0 Å². The summed E-state index contributed by atoms with van der Waals surface area (Å²) in [7, 11) is 0. The molecule has 0 fully saturated rings. The minimum atomic E-state index is -0.127. The summed E-state index contributed by atoms with van der Waals surface area (Å²) in [5, 5.41) is 11.5. The summed E-state index contributed by atoms with van der Waals surface area (Å²) >= 11 is 3.40. The van der Waals surface area contributed by atoms with Gasteiger partial charge in [0.15, 0.2) is 0 Å². The fourth-order valence-corrected chi connectivity index (χ4v) is 2.66. The van der Waals surface area contributed by atoms with Gasteiger partial charge in [0.2, 0.25) is 0 Å². The van der Waals surface area contributed by atoms with Gasteiger partial charge >= 0.3 is 0 Å². The van der Waals surface area contributed by atoms with Crippen molar-refractivity contribution in [3.05, 3.63) is 34.8 Å². The molecule has 0 radical (unpaired) electrons. The van der Waals surface area contributed by atoms with E-state index in [0.717, 1.165) is 0 Å². The van der Waals surface area contributed by atoms with E-state index in [9.17, 15) is 4.79 Å². The fraction of sp³-hybridized carbons (Fsp3) is 0.533. The van der Waals surface area contributed by atoms with Crippen LogP contribution in [0.2, 0.25) is 0 Å². The molecule has 2 aromatic heterocycles. The molecule has 0 aromatic carbocycles. The maximum atomic E-state index is 12.7. The topological polar surface area (TPSA) is 64.7 Å². The van der Waals surface area contributed by atoms with E-state index in [-0.39, 0.29) is 17.4 Å². The predicted molar refractivity (Wildman–Crippen MR) is 88.5 cm³/mol. The zero-order chi connectivity index (χ0) is 16.3. The molecule has 0 saturated heterocycles. The Balaban J connectivity index is 2.19. The van der Waals surface area contributed by atoms with Gasteiger partial charge in [-0.15, -0.1) is 0 Å². The number of halogens is 1. The van der Waals surface area contributed by atoms with E-state index >= 15 is 0 Å². The highest BCUT2D eigenvalue weighted by atomic mass is 79.9. The van der Waals surface area contributed by atoms with E-state index < -0.39 is 0 Å². The van der Waals surface area contributed by atoms with Crippen molar-refractivity contribution >= 4 is 21.8 Å². The summed E-state index contributed by atoms with van der Waals surface area (Å²) in [5.41, 5.74) is 0.461. The van der Waals surface area contributed by atoms with Crippen LogP contribution in [-0.4, -0.2) is 31.5 Å². The molecule has 0 spiro atoms. The van der Waals surface area contributed by atoms with Crippen LogP contribution >= 0.6 is 15.9 Å². The van der Waals surface area contributed by atoms with Gasteiger partial charge in [0.25, 0.3) is 5.91 Å². The molecule has 0 bridgehead atoms. The van der Waals surface area contributed by atoms with Gasteiger partial charge in [-0.2, -0.15) is 10.2 Å². The summed E-state index contributed by atoms with van der Waals surface area (Å²) in [6.07, 6.45) is 5.29. The molecule has 22 heavy (non-hydrogen) atoms. The third-order valence-corrected chi connectivity index (χ3v) is 4.17. The van der Waals surface area contributed by atoms with Gasteiger partial charge in [-0.1, -0.05) is 20.8 Å². The first-order valence-corrected chi connectivity index (χ1v) is 8.11. The number of carbonyl (C=O) groups excluding carboxylic acids is 1. The summed E-state index contributed by atoms with van der Waals surface area (Å²) in [6, 6.07) is 1.83. The van der Waals surface area contributed by atoms with E-state index in [0.29, 0.717) is 23.3 Å². The molecule has 0 aliphatic carbocycles. The second-order valence-electron chi connectivity index (χ2n) is 6.28. The molecule has 6 nitrogen and oxygen atoms in total. The Kier molecular flexibility index (Phi) is 5.05. The van der Waals surface area contributed by atoms with Crippen molar-refractivity contribution in [2.75, 3.05) is 0 Å². The quantitative estimate of drug-likeness (QED) is 0.883. The number of amides is 1. The second kappa shape index (κ2) is 6.64. The minimum Gasteiger partial charge on any atom is -0.346 e. The molecule has 0 aliphatic rings. The van der Waals surface area contributed by atoms with Crippen LogP contribution in [0.15, 0.2) is 29.1 Å². The van der Waals surface area contributed by atoms with Gasteiger partial charge in [-0.3, -0.25) is 14.2 Å². The molecule has 1 N–H and O–H groups in total. The van der Waals surface area contributed by atoms with Crippen molar-refractivity contribution in [3.8, 4) is 0 Å². The first-order valence-electron chi connectivity index (χ1n) is 7.32. The molecular weight excluding hydrogens is 346 g/mol. The first kappa shape index (κ1) is 16.7. The zero-order valence-corrected chi connectivity index (χ0v) is 15.0. The van der Waals surface area contributed by atoms with Crippen molar-refractivity contribution < 1.29 is 4.79 Å². The number of nitrogens with one attached hydrogen (secondary N) is 1. The van der Waals surface area contributed by atoms with Crippen molar-refractivity contribution in [1.29, 1.82) is 0 Å². The Morgan fingerprint density at radius 1 is 1.41 bits per heavy atom. The van der Waals surface area contributed by atoms with Gasteiger partial charge in [0.1, 0.15) is 5.69 Å². The molecular formula is C15H22BrN5O. The van der Waals surface area contributed by atoms with Crippen LogP contribution in [0.1, 0.15) is 38.2 Å². The van der Waals surface area contributed by atoms with Crippen LogP contribution < -0.4 is 5.32 Å². The number of hydrogen-bond donors (Lipinski definition) is 1. The standard InChI is InChI=1S/C15H22BrN5O/c1-5-21-13(11(16)9-18-21)14(22)19-12(15(2,3)4)10-20-8-6-7-17-20/h6-9,12H,5,10H2,1-4H3,(H,19,22)/t12-/m1/s1. The maximum absolute atomic E-state index is 12.7. The third-order valence-electron chi connectivity index (χ3n) is 3.59. The lowest BCUT2D eigenvalue weighted by atomic mass is 9.86. The van der Waals surface area contributed by atoms with Crippen LogP contribution in [0.5, 0.6) is 0 Å². The number of aryl methyl sites for hydroxylation is 1. The smallest absolute Gasteiger partial charge is 0.271 e. The lowest BCUT2D eigenvalue weighted by Gasteiger charge is -2.31. The number of nitrogens with zero attached hydrogens (tertiary/aromatic N) is 4. The molecule has 120 valence electrons. The number of hydrogen-bond acceptors (Lipinski definition) is 3. The largest absolute Gasteiger partial charge is 0.346 e. The molecule has 7 heteroatoms. The van der Waals surface area contributed by atoms with Crippen molar-refractivity contribution in [1.82, 2.24) is 24.9 Å². The molecule has 1 atom stereocenters. The van der Waals surface area contributed by atoms with Crippen LogP contribution in [0.25, 0.3) is 0 Å². The molecule has 2 rings (SSSR count). The SMILES string of the molecule is CCn1ncc(Br)c1C(=O)N[C@H](Cn1cccn1)C(C)(C)C. The summed E-state index contributed by atoms with van der Waals surface area (Å²) < 4.78 is 4.23. The summed E-state index contributed by atoms with van der Waals surface area (Å²) in [4.78, 5) is 12.7. The normalized spacial score (nSPS) is 13.1. The summed E-state index contributed by atoms with van der Waals surface area (Å²) in [6.45, 7) is 9.55. The number of aromatic nitrogens is 4. The first-order chi connectivity index (χ1) is 10.3. The van der Waals surface area contributed by atoms with E-state index in [4.69, 9.17) is 0 Å². The lowest BCUT2D eigenvalue weighted by Crippen LogP contribution is -2.47. The molecule has 2 aromatic rings. The number of carbonyl (C=O) groups is 1. The Morgan fingerprint density at radius 2 is 2.14 bits per heavy atom. The van der Waals surface area contributed by atoms with Crippen LogP contribution in [-0.2, 0) is 13.1 Å². The average molecular weight is 368 g/mol. The van der Waals surface area contributed by atoms with Gasteiger partial charge < -0.3 is 5.32 Å². The summed E-state index contributed by atoms with van der Waals surface area (Å²) in [5.74, 6) is -0.127. The highest BCUT2D eigenvalue weighted by Crippen LogP contribution is 2.22. The lowest BCUT2D eigenvalue weighted by molar-refractivity contribution is 0.0878. The maximum Gasteiger partial charge on any atom is 0.271 e. The fourth-order valence-electron chi connectivity index (χ4n) is 2.19. The van der Waals surface area contributed by atoms with Crippen molar-refractivity contribution in [2.45, 2.75) is 46.8 Å². The zero-order valence-electron chi connectivity index (χ0n) is 13.4. The Morgan fingerprint density at radius 3 is 2.68 bits per heavy atom. The van der Waals surface area contributed by atoms with Gasteiger partial charge in [-0.05, 0) is 34.3 Å². The van der Waals surface area contributed by atoms with Gasteiger partial charge in [-0.25, -0.2) is 0 Å². The Hall–Kier alpha value is -1.63. The van der Waals surface area contributed by atoms with Gasteiger partial charge in [0.05, 0.1) is 23.3 Å². The van der Waals surface area contributed by atoms with Crippen LogP contribution in [0.3, 0.4) is 0 Å². The van der Waals surface area contributed by atoms with Gasteiger partial charge in [0, 0.05) is 18.9 Å². The van der Waals surface area contributed by atoms with E-state index in [1.807, 2.05) is 23.9 Å². The minimum absolute atomic E-state index is 0.0491. The highest BCUT2D eigenvalue weighted by Gasteiger charge is 2.29. The second-order valence-corrected chi connectivity index (χ2v) is 7.13. The van der Waals surface area contributed by atoms with Crippen LogP contribution in [0.4, 0.5) is 0 Å². The monoisotopic (exact) mass is 367 g/mol. The van der Waals surface area contributed by atoms with E-state index in [2.05, 4.69) is 52.2 Å². The Labute approximate surface area is 139 Å². The predicted octanol–water partition coefficient (Wildman–Crippen LogP) is 2.71. The Bertz CT molecular complexity index is 627. The number of rotatable bonds is 5. The average Bonchev–Trinajstić information content (AvgIpc) is 3.05. The van der Waals surface area contributed by atoms with E-state index in [1.54, 1.807) is 17.1 Å². The van der Waals surface area contributed by atoms with Crippen LogP contribution in [0, 0.1) is 5.41 Å². The third kappa shape index (κ3) is 3.76. The highest BCUT2D eigenvalue weighted by molar-refractivity contribution is 9.10. The molecule has 0 aliphatic heterocycles. The molecule has 0 unspecified atom stereocenters. The molecule has 1 amide bonds. The van der Waals surface area contributed by atoms with Crippen molar-refractivity contribution in [2.24, 2.45) is 5.41 Å². The molecule has 2 heterocycles. The van der Waals surface area contributed by atoms with Crippen molar-refractivity contribution in [3.63, 3.8) is 0 Å². The molecule has 0 saturated carbocycles.